The minimum absolute atomic E-state index is 0.148. The van der Waals surface area contributed by atoms with Gasteiger partial charge in [0.2, 0.25) is 10.0 Å². The molecule has 2 rings (SSSR count). The molecule has 0 unspecified atom stereocenters. The van der Waals surface area contributed by atoms with E-state index in [9.17, 15) is 13.2 Å². The summed E-state index contributed by atoms with van der Waals surface area (Å²) in [6, 6.07) is 10.1. The maximum absolute atomic E-state index is 12.4. The van der Waals surface area contributed by atoms with Crippen molar-refractivity contribution < 1.29 is 13.2 Å². The lowest BCUT2D eigenvalue weighted by molar-refractivity contribution is -0.121. The van der Waals surface area contributed by atoms with Crippen molar-refractivity contribution in [2.75, 3.05) is 13.6 Å². The maximum Gasteiger partial charge on any atom is 0.255 e. The smallest absolute Gasteiger partial charge is 0.255 e. The molecule has 0 fully saturated rings. The molecule has 0 aliphatic rings. The average molecular weight is 348 g/mol. The number of amides is 1. The first-order valence-electron chi connectivity index (χ1n) is 7.30. The number of benzene rings is 1. The van der Waals surface area contributed by atoms with Gasteiger partial charge < -0.3 is 4.98 Å². The topological polar surface area (TPSA) is 94.6 Å². The lowest BCUT2D eigenvalue weighted by Crippen LogP contribution is -2.36. The number of hydrazone groups is 1. The zero-order valence-electron chi connectivity index (χ0n) is 13.8. The molecule has 0 bridgehead atoms. The number of nitrogens with zero attached hydrogens (tertiary/aromatic N) is 2. The highest BCUT2D eigenvalue weighted by Crippen LogP contribution is 2.14. The number of likely N-dealkylation sites (N-methyl/N-ethyl adjacent to an activating group) is 1. The van der Waals surface area contributed by atoms with Gasteiger partial charge in [-0.15, -0.1) is 0 Å². The second-order valence-corrected chi connectivity index (χ2v) is 7.44. The van der Waals surface area contributed by atoms with Crippen molar-refractivity contribution in [2.45, 2.75) is 18.7 Å². The fourth-order valence-corrected chi connectivity index (χ4v) is 3.10. The minimum atomic E-state index is -3.71. The van der Waals surface area contributed by atoms with Crippen LogP contribution in [-0.2, 0) is 14.8 Å². The van der Waals surface area contributed by atoms with E-state index in [-0.39, 0.29) is 11.4 Å². The standard InChI is InChI=1S/C16H20N4O3S/c1-12-6-8-14(9-7-12)24(22,23)20(3)11-16(21)19-18-13(2)15-5-4-10-17-15/h4-10,17H,11H2,1-3H3,(H,19,21)/b18-13+. The van der Waals surface area contributed by atoms with Crippen LogP contribution in [0.15, 0.2) is 52.6 Å². The molecule has 24 heavy (non-hydrogen) atoms. The summed E-state index contributed by atoms with van der Waals surface area (Å²) in [7, 11) is -2.36. The number of aromatic amines is 1. The molecule has 7 nitrogen and oxygen atoms in total. The van der Waals surface area contributed by atoms with Gasteiger partial charge in [0, 0.05) is 13.2 Å². The van der Waals surface area contributed by atoms with Crippen LogP contribution in [0.4, 0.5) is 0 Å². The number of aromatic nitrogens is 1. The lowest BCUT2D eigenvalue weighted by Gasteiger charge is -2.16. The highest BCUT2D eigenvalue weighted by atomic mass is 32.2. The molecular formula is C16H20N4O3S. The van der Waals surface area contributed by atoms with Crippen LogP contribution in [0.1, 0.15) is 18.2 Å². The summed E-state index contributed by atoms with van der Waals surface area (Å²) in [5, 5.41) is 3.95. The van der Waals surface area contributed by atoms with Crippen molar-refractivity contribution in [1.29, 1.82) is 0 Å². The second-order valence-electron chi connectivity index (χ2n) is 5.39. The Morgan fingerprint density at radius 3 is 2.50 bits per heavy atom. The Bertz CT molecular complexity index is 825. The average Bonchev–Trinajstić information content (AvgIpc) is 3.07. The fourth-order valence-electron chi connectivity index (χ4n) is 1.97. The van der Waals surface area contributed by atoms with Crippen molar-refractivity contribution in [1.82, 2.24) is 14.7 Å². The molecule has 128 valence electrons. The molecule has 2 N–H and O–H groups in total. The van der Waals surface area contributed by atoms with Gasteiger partial charge in [-0.25, -0.2) is 13.8 Å². The summed E-state index contributed by atoms with van der Waals surface area (Å²) in [4.78, 5) is 15.0. The number of H-pyrrole nitrogens is 1. The van der Waals surface area contributed by atoms with E-state index >= 15 is 0 Å². The number of aryl methyl sites for hydroxylation is 1. The Morgan fingerprint density at radius 1 is 1.25 bits per heavy atom. The molecule has 1 amide bonds. The summed E-state index contributed by atoms with van der Waals surface area (Å²) in [5.74, 6) is -0.515. The van der Waals surface area contributed by atoms with Gasteiger partial charge in [0.15, 0.2) is 0 Å². The zero-order valence-corrected chi connectivity index (χ0v) is 14.6. The number of hydrogen-bond donors (Lipinski definition) is 2. The number of rotatable bonds is 6. The van der Waals surface area contributed by atoms with Crippen molar-refractivity contribution in [3.05, 3.63) is 53.9 Å². The predicted molar refractivity (Wildman–Crippen MR) is 92.1 cm³/mol. The van der Waals surface area contributed by atoms with Crippen LogP contribution in [-0.4, -0.2) is 42.9 Å². The molecule has 1 heterocycles. The molecule has 0 aliphatic heterocycles. The van der Waals surface area contributed by atoms with Gasteiger partial charge in [0.25, 0.3) is 5.91 Å². The molecule has 1 aromatic heterocycles. The first-order chi connectivity index (χ1) is 11.3. The van der Waals surface area contributed by atoms with Crippen molar-refractivity contribution in [2.24, 2.45) is 5.10 Å². The molecular weight excluding hydrogens is 328 g/mol. The molecule has 0 aliphatic carbocycles. The number of hydrogen-bond acceptors (Lipinski definition) is 4. The molecule has 2 aromatic rings. The van der Waals surface area contributed by atoms with E-state index in [1.165, 1.54) is 19.2 Å². The SMILES string of the molecule is C/C(=N\NC(=O)CN(C)S(=O)(=O)c1ccc(C)cc1)c1ccc[nH]1. The van der Waals surface area contributed by atoms with E-state index in [2.05, 4.69) is 15.5 Å². The van der Waals surface area contributed by atoms with Crippen molar-refractivity contribution in [3.8, 4) is 0 Å². The van der Waals surface area contributed by atoms with Gasteiger partial charge in [-0.1, -0.05) is 17.7 Å². The second kappa shape index (κ2) is 7.41. The molecule has 0 saturated heterocycles. The van der Waals surface area contributed by atoms with Crippen molar-refractivity contribution in [3.63, 3.8) is 0 Å². The number of carbonyl (C=O) groups excluding carboxylic acids is 1. The fraction of sp³-hybridized carbons (Fsp3) is 0.250. The first-order valence-corrected chi connectivity index (χ1v) is 8.74. The molecule has 0 spiro atoms. The van der Waals surface area contributed by atoms with Crippen LogP contribution in [0.25, 0.3) is 0 Å². The first kappa shape index (κ1) is 17.9. The van der Waals surface area contributed by atoms with Gasteiger partial charge in [-0.3, -0.25) is 4.79 Å². The monoisotopic (exact) mass is 348 g/mol. The summed E-state index contributed by atoms with van der Waals surface area (Å²) in [5.41, 5.74) is 4.69. The Labute approximate surface area is 141 Å². The zero-order chi connectivity index (χ0) is 17.7. The number of sulfonamides is 1. The summed E-state index contributed by atoms with van der Waals surface area (Å²) < 4.78 is 25.8. The molecule has 0 radical (unpaired) electrons. The predicted octanol–water partition coefficient (Wildman–Crippen LogP) is 1.48. The quantitative estimate of drug-likeness (QED) is 0.611. The molecule has 0 saturated carbocycles. The number of carbonyl (C=O) groups is 1. The normalized spacial score (nSPS) is 12.4. The highest BCUT2D eigenvalue weighted by molar-refractivity contribution is 7.89. The van der Waals surface area contributed by atoms with E-state index in [4.69, 9.17) is 0 Å². The van der Waals surface area contributed by atoms with Crippen molar-refractivity contribution >= 4 is 21.6 Å². The van der Waals surface area contributed by atoms with Gasteiger partial charge >= 0.3 is 0 Å². The van der Waals surface area contributed by atoms with E-state index in [1.54, 1.807) is 25.3 Å². The van der Waals surface area contributed by atoms with Crippen LogP contribution in [0.5, 0.6) is 0 Å². The Balaban J connectivity index is 2.00. The maximum atomic E-state index is 12.4. The third-order valence-corrected chi connectivity index (χ3v) is 5.25. The van der Waals surface area contributed by atoms with Gasteiger partial charge in [-0.2, -0.15) is 9.41 Å². The third-order valence-electron chi connectivity index (χ3n) is 3.43. The van der Waals surface area contributed by atoms with Crippen LogP contribution in [0.3, 0.4) is 0 Å². The minimum Gasteiger partial charge on any atom is -0.360 e. The summed E-state index contributed by atoms with van der Waals surface area (Å²) >= 11 is 0. The van der Waals surface area contributed by atoms with Crippen LogP contribution < -0.4 is 5.43 Å². The van der Waals surface area contributed by atoms with Gasteiger partial charge in [0.1, 0.15) is 0 Å². The van der Waals surface area contributed by atoms with Crippen LogP contribution in [0.2, 0.25) is 0 Å². The van der Waals surface area contributed by atoms with E-state index in [1.807, 2.05) is 19.1 Å². The van der Waals surface area contributed by atoms with Gasteiger partial charge in [-0.05, 0) is 38.1 Å². The lowest BCUT2D eigenvalue weighted by atomic mass is 10.2. The van der Waals surface area contributed by atoms with Crippen LogP contribution in [0, 0.1) is 6.92 Å². The van der Waals surface area contributed by atoms with Gasteiger partial charge in [0.05, 0.1) is 22.8 Å². The van der Waals surface area contributed by atoms with Crippen LogP contribution >= 0.6 is 0 Å². The summed E-state index contributed by atoms with van der Waals surface area (Å²) in [6.07, 6.45) is 1.75. The largest absolute Gasteiger partial charge is 0.360 e. The molecule has 1 aromatic carbocycles. The van der Waals surface area contributed by atoms with E-state index in [0.29, 0.717) is 5.71 Å². The van der Waals surface area contributed by atoms with E-state index < -0.39 is 15.9 Å². The Morgan fingerprint density at radius 2 is 1.92 bits per heavy atom. The molecule has 0 atom stereocenters. The summed E-state index contributed by atoms with van der Waals surface area (Å²) in [6.45, 7) is 3.29. The van der Waals surface area contributed by atoms with E-state index in [0.717, 1.165) is 15.6 Å². The Hall–Kier alpha value is -2.45. The Kier molecular flexibility index (Phi) is 5.53. The highest BCUT2D eigenvalue weighted by Gasteiger charge is 2.22. The molecule has 8 heteroatoms. The third kappa shape index (κ3) is 4.30. The number of nitrogens with one attached hydrogen (secondary N) is 2.